The first-order chi connectivity index (χ1) is 8.97. The highest BCUT2D eigenvalue weighted by molar-refractivity contribution is 5.80. The number of pyridine rings is 1. The van der Waals surface area contributed by atoms with E-state index in [-0.39, 0.29) is 24.4 Å². The van der Waals surface area contributed by atoms with Crippen molar-refractivity contribution in [1.82, 2.24) is 9.47 Å². The van der Waals surface area contributed by atoms with Crippen LogP contribution in [-0.2, 0) is 9.59 Å². The highest BCUT2D eigenvalue weighted by atomic mass is 16.4. The van der Waals surface area contributed by atoms with Crippen molar-refractivity contribution < 1.29 is 14.7 Å². The van der Waals surface area contributed by atoms with Crippen molar-refractivity contribution in [1.29, 1.82) is 0 Å². The van der Waals surface area contributed by atoms with E-state index in [1.54, 1.807) is 25.4 Å². The second-order valence-corrected chi connectivity index (χ2v) is 4.27. The quantitative estimate of drug-likeness (QED) is 0.823. The summed E-state index contributed by atoms with van der Waals surface area (Å²) in [6.45, 7) is 1.94. The maximum absolute atomic E-state index is 12.2. The molecule has 0 aliphatic rings. The van der Waals surface area contributed by atoms with Gasteiger partial charge < -0.3 is 14.6 Å². The maximum Gasteiger partial charge on any atom is 0.305 e. The van der Waals surface area contributed by atoms with Crippen molar-refractivity contribution in [3.05, 3.63) is 34.7 Å². The van der Waals surface area contributed by atoms with Gasteiger partial charge in [-0.05, 0) is 12.5 Å². The molecule has 0 saturated heterocycles. The Morgan fingerprint density at radius 3 is 2.63 bits per heavy atom. The average molecular weight is 266 g/mol. The highest BCUT2D eigenvalue weighted by Crippen LogP contribution is 2.12. The van der Waals surface area contributed by atoms with E-state index >= 15 is 0 Å². The number of carbonyl (C=O) groups excluding carboxylic acids is 1. The minimum absolute atomic E-state index is 0.109. The van der Waals surface area contributed by atoms with Crippen LogP contribution in [0.25, 0.3) is 0 Å². The molecular formula is C13H18N2O4. The number of aliphatic carboxylic acids is 1. The fourth-order valence-electron chi connectivity index (χ4n) is 1.82. The Labute approximate surface area is 111 Å². The van der Waals surface area contributed by atoms with Gasteiger partial charge in [0, 0.05) is 25.9 Å². The summed E-state index contributed by atoms with van der Waals surface area (Å²) >= 11 is 0. The molecule has 1 atom stereocenters. The zero-order valence-electron chi connectivity index (χ0n) is 11.1. The van der Waals surface area contributed by atoms with Gasteiger partial charge in [0.25, 0.3) is 5.56 Å². The zero-order chi connectivity index (χ0) is 14.4. The maximum atomic E-state index is 12.2. The van der Waals surface area contributed by atoms with Gasteiger partial charge in [0.2, 0.25) is 5.91 Å². The molecule has 1 N–H and O–H groups in total. The second-order valence-electron chi connectivity index (χ2n) is 4.27. The predicted molar refractivity (Wildman–Crippen MR) is 69.9 cm³/mol. The largest absolute Gasteiger partial charge is 0.481 e. The Kier molecular flexibility index (Phi) is 5.29. The first-order valence-corrected chi connectivity index (χ1v) is 6.11. The summed E-state index contributed by atoms with van der Waals surface area (Å²) in [5, 5.41) is 8.61. The van der Waals surface area contributed by atoms with Gasteiger partial charge in [0.1, 0.15) is 6.04 Å². The first kappa shape index (κ1) is 14.9. The van der Waals surface area contributed by atoms with Crippen LogP contribution in [0.15, 0.2) is 29.2 Å². The van der Waals surface area contributed by atoms with E-state index in [9.17, 15) is 14.4 Å². The molecule has 1 aromatic rings. The summed E-state index contributed by atoms with van der Waals surface area (Å²) in [5.41, 5.74) is -0.241. The van der Waals surface area contributed by atoms with Crippen LogP contribution in [0.1, 0.15) is 25.8 Å². The molecule has 1 amide bonds. The Morgan fingerprint density at radius 2 is 2.11 bits per heavy atom. The van der Waals surface area contributed by atoms with E-state index in [2.05, 4.69) is 0 Å². The highest BCUT2D eigenvalue weighted by Gasteiger charge is 2.22. The second kappa shape index (κ2) is 6.72. The number of nitrogens with zero attached hydrogens (tertiary/aromatic N) is 2. The van der Waals surface area contributed by atoms with E-state index in [0.717, 1.165) is 0 Å². The lowest BCUT2D eigenvalue weighted by Crippen LogP contribution is -2.38. The van der Waals surface area contributed by atoms with E-state index < -0.39 is 12.0 Å². The Balaban J connectivity index is 2.86. The molecule has 19 heavy (non-hydrogen) atoms. The van der Waals surface area contributed by atoms with Crippen LogP contribution in [0.5, 0.6) is 0 Å². The van der Waals surface area contributed by atoms with Crippen molar-refractivity contribution >= 4 is 11.9 Å². The van der Waals surface area contributed by atoms with Gasteiger partial charge in [0.05, 0.1) is 6.42 Å². The third-order valence-electron chi connectivity index (χ3n) is 2.90. The molecule has 104 valence electrons. The lowest BCUT2D eigenvalue weighted by atomic mass is 10.2. The minimum atomic E-state index is -0.954. The standard InChI is InChI=1S/C13H18N2O4/c1-3-10(15-8-5-4-6-11(15)16)13(19)14(2)9-7-12(17)18/h4-6,8,10H,3,7,9H2,1-2H3,(H,17,18). The van der Waals surface area contributed by atoms with Crippen LogP contribution in [0, 0.1) is 0 Å². The van der Waals surface area contributed by atoms with E-state index in [4.69, 9.17) is 5.11 Å². The average Bonchev–Trinajstić information content (AvgIpc) is 2.38. The molecule has 0 bridgehead atoms. The summed E-state index contributed by atoms with van der Waals surface area (Å²) in [6, 6.07) is 4.11. The number of likely N-dealkylation sites (N-methyl/N-ethyl adjacent to an activating group) is 1. The van der Waals surface area contributed by atoms with Crippen molar-refractivity contribution in [2.45, 2.75) is 25.8 Å². The third-order valence-corrected chi connectivity index (χ3v) is 2.90. The third kappa shape index (κ3) is 3.94. The Hall–Kier alpha value is -2.11. The minimum Gasteiger partial charge on any atom is -0.481 e. The fraction of sp³-hybridized carbons (Fsp3) is 0.462. The normalized spacial score (nSPS) is 11.9. The predicted octanol–water partition coefficient (Wildman–Crippen LogP) is 0.732. The molecule has 0 aliphatic carbocycles. The molecular weight excluding hydrogens is 248 g/mol. The molecule has 1 aromatic heterocycles. The molecule has 1 rings (SSSR count). The molecule has 0 aromatic carbocycles. The molecule has 1 unspecified atom stereocenters. The first-order valence-electron chi connectivity index (χ1n) is 6.11. The molecule has 0 spiro atoms. The van der Waals surface area contributed by atoms with Crippen LogP contribution in [0.3, 0.4) is 0 Å². The summed E-state index contributed by atoms with van der Waals surface area (Å²) < 4.78 is 1.37. The Morgan fingerprint density at radius 1 is 1.42 bits per heavy atom. The van der Waals surface area contributed by atoms with Crippen LogP contribution in [0.4, 0.5) is 0 Å². The molecule has 0 radical (unpaired) electrons. The van der Waals surface area contributed by atoms with Gasteiger partial charge in [-0.3, -0.25) is 14.4 Å². The van der Waals surface area contributed by atoms with Crippen molar-refractivity contribution in [2.75, 3.05) is 13.6 Å². The molecule has 6 nitrogen and oxygen atoms in total. The van der Waals surface area contributed by atoms with Crippen molar-refractivity contribution in [2.24, 2.45) is 0 Å². The van der Waals surface area contributed by atoms with Gasteiger partial charge in [-0.25, -0.2) is 0 Å². The number of carboxylic acids is 1. The van der Waals surface area contributed by atoms with E-state index in [1.807, 2.05) is 6.92 Å². The Bertz CT molecular complexity index is 509. The number of carboxylic acid groups (broad SMARTS) is 1. The van der Waals surface area contributed by atoms with Crippen LogP contribution in [-0.4, -0.2) is 40.0 Å². The van der Waals surface area contributed by atoms with Crippen LogP contribution < -0.4 is 5.56 Å². The SMILES string of the molecule is CCC(C(=O)N(C)CCC(=O)O)n1ccccc1=O. The number of carbonyl (C=O) groups is 2. The number of hydrogen-bond donors (Lipinski definition) is 1. The lowest BCUT2D eigenvalue weighted by molar-refractivity contribution is -0.139. The summed E-state index contributed by atoms with van der Waals surface area (Å²) in [6.07, 6.45) is 1.93. The van der Waals surface area contributed by atoms with Gasteiger partial charge in [-0.15, -0.1) is 0 Å². The van der Waals surface area contributed by atoms with Crippen LogP contribution >= 0.6 is 0 Å². The molecule has 1 heterocycles. The van der Waals surface area contributed by atoms with Crippen molar-refractivity contribution in [3.63, 3.8) is 0 Å². The summed E-state index contributed by atoms with van der Waals surface area (Å²) in [5.74, 6) is -1.21. The molecule has 0 saturated carbocycles. The van der Waals surface area contributed by atoms with Gasteiger partial charge in [0.15, 0.2) is 0 Å². The van der Waals surface area contributed by atoms with E-state index in [1.165, 1.54) is 15.5 Å². The monoisotopic (exact) mass is 266 g/mol. The van der Waals surface area contributed by atoms with E-state index in [0.29, 0.717) is 6.42 Å². The zero-order valence-corrected chi connectivity index (χ0v) is 11.1. The van der Waals surface area contributed by atoms with Gasteiger partial charge in [-0.2, -0.15) is 0 Å². The number of amides is 1. The molecule has 6 heteroatoms. The molecule has 0 fully saturated rings. The summed E-state index contributed by atoms with van der Waals surface area (Å²) in [7, 11) is 1.54. The van der Waals surface area contributed by atoms with Gasteiger partial charge >= 0.3 is 5.97 Å². The summed E-state index contributed by atoms with van der Waals surface area (Å²) in [4.78, 5) is 35.8. The smallest absolute Gasteiger partial charge is 0.305 e. The van der Waals surface area contributed by atoms with Crippen molar-refractivity contribution in [3.8, 4) is 0 Å². The van der Waals surface area contributed by atoms with Crippen LogP contribution in [0.2, 0.25) is 0 Å². The fourth-order valence-corrected chi connectivity index (χ4v) is 1.82. The topological polar surface area (TPSA) is 79.6 Å². The number of hydrogen-bond acceptors (Lipinski definition) is 3. The molecule has 0 aliphatic heterocycles. The lowest BCUT2D eigenvalue weighted by Gasteiger charge is -2.23. The number of aromatic nitrogens is 1. The number of rotatable bonds is 6. The van der Waals surface area contributed by atoms with Gasteiger partial charge in [-0.1, -0.05) is 13.0 Å².